The summed E-state index contributed by atoms with van der Waals surface area (Å²) in [5.74, 6) is -0.705. The fourth-order valence-electron chi connectivity index (χ4n) is 1.57. The lowest BCUT2D eigenvalue weighted by Crippen LogP contribution is -2.35. The summed E-state index contributed by atoms with van der Waals surface area (Å²) in [5.41, 5.74) is 6.08. The molecule has 1 aromatic rings. The van der Waals surface area contributed by atoms with Crippen molar-refractivity contribution in [2.75, 3.05) is 26.4 Å². The third-order valence-corrected chi connectivity index (χ3v) is 2.65. The first-order chi connectivity index (χ1) is 8.40. The van der Waals surface area contributed by atoms with E-state index in [9.17, 15) is 9.18 Å². The van der Waals surface area contributed by atoms with E-state index in [4.69, 9.17) is 5.73 Å². The maximum Gasteiger partial charge on any atom is 0.253 e. The summed E-state index contributed by atoms with van der Waals surface area (Å²) in [7, 11) is 3.96. The zero-order valence-corrected chi connectivity index (χ0v) is 11.0. The van der Waals surface area contributed by atoms with Gasteiger partial charge in [-0.1, -0.05) is 0 Å². The van der Waals surface area contributed by atoms with Crippen molar-refractivity contribution < 1.29 is 9.18 Å². The van der Waals surface area contributed by atoms with E-state index in [1.54, 1.807) is 0 Å². The highest BCUT2D eigenvalue weighted by Crippen LogP contribution is 2.13. The Bertz CT molecular complexity index is 421. The summed E-state index contributed by atoms with van der Waals surface area (Å²) in [6.07, 6.45) is 0.847. The van der Waals surface area contributed by atoms with Gasteiger partial charge in [0.2, 0.25) is 0 Å². The number of rotatable bonds is 5. The van der Waals surface area contributed by atoms with Crippen LogP contribution in [0.3, 0.4) is 0 Å². The van der Waals surface area contributed by atoms with Crippen LogP contribution in [0.25, 0.3) is 0 Å². The highest BCUT2D eigenvalue weighted by Gasteiger charge is 2.13. The number of nitrogens with one attached hydrogen (secondary N) is 1. The van der Waals surface area contributed by atoms with Gasteiger partial charge in [0.1, 0.15) is 5.82 Å². The summed E-state index contributed by atoms with van der Waals surface area (Å²) in [5, 5.41) is 2.84. The molecule has 0 heterocycles. The lowest BCUT2D eigenvalue weighted by atomic mass is 10.1. The van der Waals surface area contributed by atoms with Gasteiger partial charge in [0.15, 0.2) is 0 Å². The third-order valence-electron chi connectivity index (χ3n) is 2.65. The fraction of sp³-hybridized carbons (Fsp3) is 0.462. The summed E-state index contributed by atoms with van der Waals surface area (Å²) in [4.78, 5) is 14.0. The molecule has 1 rings (SSSR count). The zero-order chi connectivity index (χ0) is 13.7. The van der Waals surface area contributed by atoms with E-state index in [0.717, 1.165) is 19.0 Å². The van der Waals surface area contributed by atoms with Gasteiger partial charge in [-0.05, 0) is 52.2 Å². The van der Waals surface area contributed by atoms with E-state index >= 15 is 0 Å². The summed E-state index contributed by atoms with van der Waals surface area (Å²) < 4.78 is 12.9. The Labute approximate surface area is 107 Å². The van der Waals surface area contributed by atoms with Crippen LogP contribution in [0.1, 0.15) is 23.7 Å². The van der Waals surface area contributed by atoms with Crippen LogP contribution in [0, 0.1) is 5.82 Å². The van der Waals surface area contributed by atoms with Crippen molar-refractivity contribution in [2.24, 2.45) is 0 Å². The minimum absolute atomic E-state index is 0.0457. The first-order valence-electron chi connectivity index (χ1n) is 5.90. The van der Waals surface area contributed by atoms with Crippen LogP contribution in [0.5, 0.6) is 0 Å². The molecule has 0 aliphatic carbocycles. The van der Waals surface area contributed by atoms with E-state index in [2.05, 4.69) is 10.2 Å². The van der Waals surface area contributed by atoms with Crippen LogP contribution >= 0.6 is 0 Å². The summed E-state index contributed by atoms with van der Waals surface area (Å²) >= 11 is 0. The van der Waals surface area contributed by atoms with Crippen LogP contribution in [-0.2, 0) is 0 Å². The van der Waals surface area contributed by atoms with Crippen molar-refractivity contribution in [3.63, 3.8) is 0 Å². The Balaban J connectivity index is 2.59. The number of nitrogens with zero attached hydrogens (tertiary/aromatic N) is 1. The van der Waals surface area contributed by atoms with Gasteiger partial charge in [0.05, 0.1) is 5.56 Å². The molecule has 1 amide bonds. The molecular weight excluding hydrogens is 233 g/mol. The largest absolute Gasteiger partial charge is 0.398 e. The Morgan fingerprint density at radius 1 is 1.50 bits per heavy atom. The standard InChI is InChI=1S/C13H20FN3O/c1-9(6-7-17(2)3)16-13(18)11-5-4-10(14)8-12(11)15/h4-5,8-9H,6-7,15H2,1-3H3,(H,16,18). The SMILES string of the molecule is CC(CCN(C)C)NC(=O)c1ccc(F)cc1N. The normalized spacial score (nSPS) is 12.5. The highest BCUT2D eigenvalue weighted by molar-refractivity contribution is 5.99. The number of hydrogen-bond acceptors (Lipinski definition) is 3. The Morgan fingerprint density at radius 2 is 2.17 bits per heavy atom. The molecule has 18 heavy (non-hydrogen) atoms. The van der Waals surface area contributed by atoms with Gasteiger partial charge in [0, 0.05) is 11.7 Å². The van der Waals surface area contributed by atoms with E-state index in [1.165, 1.54) is 12.1 Å². The number of amides is 1. The average Bonchev–Trinajstić information content (AvgIpc) is 2.26. The van der Waals surface area contributed by atoms with Gasteiger partial charge in [-0.15, -0.1) is 0 Å². The molecule has 100 valence electrons. The lowest BCUT2D eigenvalue weighted by molar-refractivity contribution is 0.0937. The van der Waals surface area contributed by atoms with Crippen LogP contribution in [0.15, 0.2) is 18.2 Å². The minimum Gasteiger partial charge on any atom is -0.398 e. The topological polar surface area (TPSA) is 58.4 Å². The number of carbonyl (C=O) groups excluding carboxylic acids is 1. The molecule has 0 aliphatic rings. The molecule has 1 atom stereocenters. The molecule has 3 N–H and O–H groups in total. The number of anilines is 1. The van der Waals surface area contributed by atoms with Crippen LogP contribution in [-0.4, -0.2) is 37.5 Å². The molecule has 0 radical (unpaired) electrons. The maximum absolute atomic E-state index is 12.9. The van der Waals surface area contributed by atoms with Crippen molar-refractivity contribution in [2.45, 2.75) is 19.4 Å². The van der Waals surface area contributed by atoms with Gasteiger partial charge in [0.25, 0.3) is 5.91 Å². The number of halogens is 1. The van der Waals surface area contributed by atoms with Crippen molar-refractivity contribution in [1.82, 2.24) is 10.2 Å². The molecule has 5 heteroatoms. The molecule has 0 saturated carbocycles. The number of nitrogen functional groups attached to an aromatic ring is 1. The Hall–Kier alpha value is -1.62. The zero-order valence-electron chi connectivity index (χ0n) is 11.0. The number of benzene rings is 1. The van der Waals surface area contributed by atoms with Crippen molar-refractivity contribution in [1.29, 1.82) is 0 Å². The third kappa shape index (κ3) is 4.33. The molecule has 0 aliphatic heterocycles. The molecule has 1 unspecified atom stereocenters. The predicted octanol–water partition coefficient (Wildman–Crippen LogP) is 1.48. The first-order valence-corrected chi connectivity index (χ1v) is 5.90. The molecule has 1 aromatic carbocycles. The monoisotopic (exact) mass is 253 g/mol. The molecule has 0 bridgehead atoms. The molecule has 0 saturated heterocycles. The van der Waals surface area contributed by atoms with Gasteiger partial charge in [-0.3, -0.25) is 4.79 Å². The number of carbonyl (C=O) groups is 1. The van der Waals surface area contributed by atoms with Crippen LogP contribution in [0.4, 0.5) is 10.1 Å². The van der Waals surface area contributed by atoms with E-state index in [1.807, 2.05) is 21.0 Å². The summed E-state index contributed by atoms with van der Waals surface area (Å²) in [6.45, 7) is 2.82. The molecule has 4 nitrogen and oxygen atoms in total. The highest BCUT2D eigenvalue weighted by atomic mass is 19.1. The molecule has 0 fully saturated rings. The van der Waals surface area contributed by atoms with E-state index < -0.39 is 5.82 Å². The van der Waals surface area contributed by atoms with Gasteiger partial charge in [-0.25, -0.2) is 4.39 Å². The summed E-state index contributed by atoms with van der Waals surface area (Å²) in [6, 6.07) is 3.83. The number of hydrogen-bond donors (Lipinski definition) is 2. The van der Waals surface area contributed by atoms with Crippen molar-refractivity contribution in [3.05, 3.63) is 29.6 Å². The second-order valence-corrected chi connectivity index (χ2v) is 4.70. The van der Waals surface area contributed by atoms with Crippen molar-refractivity contribution in [3.8, 4) is 0 Å². The predicted molar refractivity (Wildman–Crippen MR) is 70.9 cm³/mol. The smallest absolute Gasteiger partial charge is 0.253 e. The minimum atomic E-state index is -0.440. The second-order valence-electron chi connectivity index (χ2n) is 4.70. The Morgan fingerprint density at radius 3 is 2.72 bits per heavy atom. The molecular formula is C13H20FN3O. The van der Waals surface area contributed by atoms with Gasteiger partial charge in [-0.2, -0.15) is 0 Å². The van der Waals surface area contributed by atoms with Crippen LogP contribution in [0.2, 0.25) is 0 Å². The number of nitrogens with two attached hydrogens (primary N) is 1. The van der Waals surface area contributed by atoms with Gasteiger partial charge < -0.3 is 16.0 Å². The quantitative estimate of drug-likeness (QED) is 0.781. The van der Waals surface area contributed by atoms with Crippen molar-refractivity contribution >= 4 is 11.6 Å². The van der Waals surface area contributed by atoms with E-state index in [-0.39, 0.29) is 17.6 Å². The first kappa shape index (κ1) is 14.4. The lowest BCUT2D eigenvalue weighted by Gasteiger charge is -2.17. The fourth-order valence-corrected chi connectivity index (χ4v) is 1.57. The molecule has 0 spiro atoms. The average molecular weight is 253 g/mol. The maximum atomic E-state index is 12.9. The van der Waals surface area contributed by atoms with Crippen LogP contribution < -0.4 is 11.1 Å². The molecule has 0 aromatic heterocycles. The van der Waals surface area contributed by atoms with E-state index in [0.29, 0.717) is 5.56 Å². The second kappa shape index (κ2) is 6.35. The van der Waals surface area contributed by atoms with Gasteiger partial charge >= 0.3 is 0 Å². The Kier molecular flexibility index (Phi) is 5.09.